The molecule has 0 aliphatic heterocycles. The molecule has 0 saturated carbocycles. The highest BCUT2D eigenvalue weighted by molar-refractivity contribution is 6.02. The summed E-state index contributed by atoms with van der Waals surface area (Å²) in [6, 6.07) is 63.7. The third-order valence-electron chi connectivity index (χ3n) is 9.67. The van der Waals surface area contributed by atoms with Gasteiger partial charge in [-0.3, -0.25) is 0 Å². The first-order valence-corrected chi connectivity index (χ1v) is 17.9. The van der Waals surface area contributed by atoms with E-state index in [1.165, 1.54) is 0 Å². The van der Waals surface area contributed by atoms with Crippen molar-refractivity contribution in [1.29, 1.82) is 0 Å². The van der Waals surface area contributed by atoms with Crippen molar-refractivity contribution in [1.82, 2.24) is 0 Å². The van der Waals surface area contributed by atoms with Crippen LogP contribution in [0.3, 0.4) is 0 Å². The molecule has 0 spiro atoms. The Labute approximate surface area is 317 Å². The number of nitrogens with zero attached hydrogens (tertiary/aromatic N) is 2. The van der Waals surface area contributed by atoms with Crippen LogP contribution in [0, 0.1) is 0 Å². The molecule has 0 unspecified atom stereocenters. The van der Waals surface area contributed by atoms with Gasteiger partial charge in [-0.2, -0.15) is 0 Å². The number of methoxy groups -OCH3 is 2. The molecule has 0 aliphatic carbocycles. The largest absolute Gasteiger partial charge is 0.496 e. The predicted octanol–water partition coefficient (Wildman–Crippen LogP) is 11.9. The van der Waals surface area contributed by atoms with E-state index in [1.807, 2.05) is 109 Å². The molecule has 0 bridgehead atoms. The molecule has 0 N–H and O–H groups in total. The highest BCUT2D eigenvalue weighted by Gasteiger charge is 2.33. The van der Waals surface area contributed by atoms with Crippen molar-refractivity contribution in [3.05, 3.63) is 227 Å². The molecule has 0 radical (unpaired) electrons. The van der Waals surface area contributed by atoms with Gasteiger partial charge in [0.25, 0.3) is 0 Å². The standard InChI is InChI=1S/C50H40N2O2/c1-50(39-23-13-6-14-24-39,40-29-31-48(53-2)44(33-40)46(37-19-9-4-10-20-37)35-51-42-25-15-7-16-26-42)41-30-32-49(54-3)45(34-41)47(38-21-11-5-12-22-38)36-52-43-27-17-8-18-28-43/h4-34H,1-3H3. The first-order valence-electron chi connectivity index (χ1n) is 17.9. The van der Waals surface area contributed by atoms with Crippen LogP contribution in [0.1, 0.15) is 45.9 Å². The lowest BCUT2D eigenvalue weighted by molar-refractivity contribution is 0.413. The van der Waals surface area contributed by atoms with Crippen molar-refractivity contribution in [2.75, 3.05) is 14.2 Å². The maximum absolute atomic E-state index is 6.03. The second-order valence-electron chi connectivity index (χ2n) is 12.9. The fourth-order valence-electron chi connectivity index (χ4n) is 6.72. The van der Waals surface area contributed by atoms with Crippen LogP contribution in [0.2, 0.25) is 0 Å². The Morgan fingerprint density at radius 2 is 0.778 bits per heavy atom. The van der Waals surface area contributed by atoms with E-state index in [2.05, 4.69) is 97.5 Å². The lowest BCUT2D eigenvalue weighted by Gasteiger charge is -2.33. The van der Waals surface area contributed by atoms with E-state index in [-0.39, 0.29) is 0 Å². The quantitative estimate of drug-likeness (QED) is 0.0996. The molecule has 0 fully saturated rings. The minimum absolute atomic E-state index is 0.625. The normalized spacial score (nSPS) is 11.6. The van der Waals surface area contributed by atoms with E-state index >= 15 is 0 Å². The summed E-state index contributed by atoms with van der Waals surface area (Å²) < 4.78 is 12.1. The van der Waals surface area contributed by atoms with Gasteiger partial charge in [0.2, 0.25) is 0 Å². The molecule has 0 amide bonds. The molecule has 7 rings (SSSR count). The molecular formula is C50H40N2O2. The maximum atomic E-state index is 6.03. The lowest BCUT2D eigenvalue weighted by Crippen LogP contribution is -2.26. The van der Waals surface area contributed by atoms with Crippen molar-refractivity contribution in [3.8, 4) is 11.5 Å². The molecule has 4 nitrogen and oxygen atoms in total. The minimum atomic E-state index is -0.625. The summed E-state index contributed by atoms with van der Waals surface area (Å²) in [4.78, 5) is 9.57. The van der Waals surface area contributed by atoms with Crippen LogP contribution in [0.5, 0.6) is 11.5 Å². The van der Waals surface area contributed by atoms with Gasteiger partial charge < -0.3 is 9.47 Å². The van der Waals surface area contributed by atoms with Gasteiger partial charge in [-0.25, -0.2) is 9.98 Å². The average molecular weight is 701 g/mol. The fraction of sp³-hybridized carbons (Fsp3) is 0.0800. The van der Waals surface area contributed by atoms with Crippen LogP contribution in [0.25, 0.3) is 11.1 Å². The lowest BCUT2D eigenvalue weighted by atomic mass is 9.70. The van der Waals surface area contributed by atoms with Crippen LogP contribution in [0.4, 0.5) is 11.4 Å². The summed E-state index contributed by atoms with van der Waals surface area (Å²) in [6.45, 7) is 2.27. The van der Waals surface area contributed by atoms with E-state index in [0.29, 0.717) is 0 Å². The summed E-state index contributed by atoms with van der Waals surface area (Å²) in [6.07, 6.45) is 0. The zero-order valence-electron chi connectivity index (χ0n) is 30.6. The zero-order chi connectivity index (χ0) is 37.2. The van der Waals surface area contributed by atoms with Crippen molar-refractivity contribution < 1.29 is 9.47 Å². The van der Waals surface area contributed by atoms with E-state index in [0.717, 1.165) is 73.0 Å². The fourth-order valence-corrected chi connectivity index (χ4v) is 6.72. The molecule has 0 heterocycles. The van der Waals surface area contributed by atoms with Crippen LogP contribution >= 0.6 is 0 Å². The van der Waals surface area contributed by atoms with E-state index in [1.54, 1.807) is 14.2 Å². The van der Waals surface area contributed by atoms with Gasteiger partial charge >= 0.3 is 0 Å². The Kier molecular flexibility index (Phi) is 10.9. The Bertz CT molecular complexity index is 2310. The highest BCUT2D eigenvalue weighted by Crippen LogP contribution is 2.44. The smallest absolute Gasteiger partial charge is 0.127 e. The van der Waals surface area contributed by atoms with Crippen LogP contribution in [-0.4, -0.2) is 26.0 Å². The van der Waals surface area contributed by atoms with Crippen molar-refractivity contribution in [2.45, 2.75) is 12.3 Å². The predicted molar refractivity (Wildman–Crippen MR) is 223 cm³/mol. The topological polar surface area (TPSA) is 43.2 Å². The molecule has 7 aromatic carbocycles. The highest BCUT2D eigenvalue weighted by atomic mass is 16.5. The van der Waals surface area contributed by atoms with Crippen LogP contribution in [-0.2, 0) is 5.41 Å². The van der Waals surface area contributed by atoms with Crippen molar-refractivity contribution in [2.24, 2.45) is 9.98 Å². The summed E-state index contributed by atoms with van der Waals surface area (Å²) in [5.41, 5.74) is 9.67. The summed E-state index contributed by atoms with van der Waals surface area (Å²) in [5, 5.41) is 0. The van der Waals surface area contributed by atoms with Gasteiger partial charge in [-0.1, -0.05) is 140 Å². The summed E-state index contributed by atoms with van der Waals surface area (Å²) in [7, 11) is 3.41. The first-order chi connectivity index (χ1) is 26.6. The third-order valence-corrected chi connectivity index (χ3v) is 9.67. The molecule has 0 saturated heterocycles. The molecule has 0 aliphatic rings. The zero-order valence-corrected chi connectivity index (χ0v) is 30.6. The van der Waals surface area contributed by atoms with Gasteiger partial charge in [0, 0.05) is 16.5 Å². The van der Waals surface area contributed by atoms with Gasteiger partial charge in [-0.15, -0.1) is 0 Å². The van der Waals surface area contributed by atoms with Gasteiger partial charge in [-0.05, 0) is 95.0 Å². The Morgan fingerprint density at radius 3 is 1.15 bits per heavy atom. The minimum Gasteiger partial charge on any atom is -0.496 e. The second-order valence-corrected chi connectivity index (χ2v) is 12.9. The average Bonchev–Trinajstić information content (AvgIpc) is 3.25. The molecule has 0 aromatic heterocycles. The monoisotopic (exact) mass is 700 g/mol. The Morgan fingerprint density at radius 1 is 0.426 bits per heavy atom. The molecule has 54 heavy (non-hydrogen) atoms. The second kappa shape index (κ2) is 16.6. The summed E-state index contributed by atoms with van der Waals surface area (Å²) >= 11 is 0. The Hall–Kier alpha value is -6.96. The van der Waals surface area contributed by atoms with E-state index in [4.69, 9.17) is 19.5 Å². The van der Waals surface area contributed by atoms with Gasteiger partial charge in [0.05, 0.1) is 36.7 Å². The van der Waals surface area contributed by atoms with Crippen molar-refractivity contribution in [3.63, 3.8) is 0 Å². The number of para-hydroxylation sites is 2. The number of rotatable bonds is 11. The molecule has 4 heteroatoms. The number of aliphatic imine (C=N–C) groups is 2. The number of benzene rings is 7. The van der Waals surface area contributed by atoms with Gasteiger partial charge in [0.1, 0.15) is 11.5 Å². The molecule has 7 aromatic rings. The third kappa shape index (κ3) is 7.62. The Balaban J connectivity index is 1.47. The number of ether oxygens (including phenoxy) is 2. The molecular weight excluding hydrogens is 661 g/mol. The van der Waals surface area contributed by atoms with E-state index in [9.17, 15) is 0 Å². The number of hydrogen-bond acceptors (Lipinski definition) is 4. The first kappa shape index (κ1) is 35.4. The summed E-state index contributed by atoms with van der Waals surface area (Å²) in [5.74, 6) is 8.27. The molecule has 262 valence electrons. The molecule has 0 atom stereocenters. The van der Waals surface area contributed by atoms with Crippen molar-refractivity contribution >= 4 is 34.3 Å². The van der Waals surface area contributed by atoms with Gasteiger partial charge in [0.15, 0.2) is 0 Å². The SMILES string of the molecule is COc1ccc(C(C)(c2ccccc2)c2ccc(OC)c(C(=C=Nc3ccccc3)c3ccccc3)c2)cc1C(=C=Nc1ccccc1)c1ccccc1. The van der Waals surface area contributed by atoms with Crippen LogP contribution < -0.4 is 9.47 Å². The maximum Gasteiger partial charge on any atom is 0.127 e. The van der Waals surface area contributed by atoms with Crippen LogP contribution in [0.15, 0.2) is 198 Å². The van der Waals surface area contributed by atoms with E-state index < -0.39 is 5.41 Å². The number of hydrogen-bond donors (Lipinski definition) is 0.